The van der Waals surface area contributed by atoms with E-state index in [0.717, 1.165) is 10.5 Å². The van der Waals surface area contributed by atoms with Gasteiger partial charge in [-0.25, -0.2) is 4.39 Å². The fraction of sp³-hybridized carbons (Fsp3) is 0.133. The Balaban J connectivity index is 1.84. The Morgan fingerprint density at radius 1 is 1.00 bits per heavy atom. The molecule has 0 spiro atoms. The number of halogens is 1. The lowest BCUT2D eigenvalue weighted by Gasteiger charge is -2.02. The highest BCUT2D eigenvalue weighted by Gasteiger charge is 2.05. The smallest absolute Gasteiger partial charge is 0.147 e. The first kappa shape index (κ1) is 12.8. The van der Waals surface area contributed by atoms with E-state index in [1.54, 1.807) is 12.1 Å². The van der Waals surface area contributed by atoms with Gasteiger partial charge in [-0.3, -0.25) is 4.79 Å². The van der Waals surface area contributed by atoms with E-state index in [0.29, 0.717) is 12.2 Å². The van der Waals surface area contributed by atoms with E-state index in [-0.39, 0.29) is 11.6 Å². The summed E-state index contributed by atoms with van der Waals surface area (Å²) in [6, 6.07) is 15.9. The van der Waals surface area contributed by atoms with Gasteiger partial charge in [-0.2, -0.15) is 0 Å². The lowest BCUT2D eigenvalue weighted by atomic mass is 10.1. The number of carbonyl (C=O) groups excluding carboxylic acids is 1. The van der Waals surface area contributed by atoms with Gasteiger partial charge in [0.25, 0.3) is 0 Å². The molecule has 0 heterocycles. The van der Waals surface area contributed by atoms with Crippen molar-refractivity contribution in [2.45, 2.75) is 11.3 Å². The largest absolute Gasteiger partial charge is 0.298 e. The van der Waals surface area contributed by atoms with Crippen LogP contribution in [0.25, 0.3) is 0 Å². The third kappa shape index (κ3) is 4.00. The van der Waals surface area contributed by atoms with E-state index >= 15 is 0 Å². The zero-order valence-corrected chi connectivity index (χ0v) is 10.6. The van der Waals surface area contributed by atoms with Gasteiger partial charge in [0, 0.05) is 11.3 Å². The molecule has 3 heteroatoms. The topological polar surface area (TPSA) is 17.1 Å². The van der Waals surface area contributed by atoms with Gasteiger partial charge < -0.3 is 0 Å². The molecule has 0 N–H and O–H groups in total. The number of thioether (sulfide) groups is 1. The van der Waals surface area contributed by atoms with Gasteiger partial charge >= 0.3 is 0 Å². The molecule has 0 saturated heterocycles. The summed E-state index contributed by atoms with van der Waals surface area (Å²) in [5, 5.41) is 0. The second-order valence-electron chi connectivity index (χ2n) is 3.94. The molecule has 18 heavy (non-hydrogen) atoms. The SMILES string of the molecule is O=C(CSc1ccccc1)Cc1ccc(F)cc1. The minimum absolute atomic E-state index is 0.149. The molecule has 0 aromatic heterocycles. The number of rotatable bonds is 5. The molecule has 2 aromatic carbocycles. The Kier molecular flexibility index (Phi) is 4.53. The zero-order chi connectivity index (χ0) is 12.8. The first-order valence-electron chi connectivity index (χ1n) is 5.68. The van der Waals surface area contributed by atoms with E-state index in [2.05, 4.69) is 0 Å². The Hall–Kier alpha value is -1.61. The molecule has 0 radical (unpaired) electrons. The average Bonchev–Trinajstić information content (AvgIpc) is 2.40. The van der Waals surface area contributed by atoms with Gasteiger partial charge in [0.05, 0.1) is 5.75 Å². The standard InChI is InChI=1S/C15H13FOS/c16-13-8-6-12(7-9-13)10-14(17)11-18-15-4-2-1-3-5-15/h1-9H,10-11H2. The third-order valence-electron chi connectivity index (χ3n) is 2.46. The Morgan fingerprint density at radius 2 is 1.67 bits per heavy atom. The maximum atomic E-state index is 12.7. The summed E-state index contributed by atoms with van der Waals surface area (Å²) < 4.78 is 12.7. The normalized spacial score (nSPS) is 10.3. The van der Waals surface area contributed by atoms with E-state index in [4.69, 9.17) is 0 Å². The molecular formula is C15H13FOS. The molecule has 0 saturated carbocycles. The molecule has 0 aliphatic rings. The molecule has 0 unspecified atom stereocenters. The summed E-state index contributed by atoms with van der Waals surface area (Å²) in [4.78, 5) is 12.8. The van der Waals surface area contributed by atoms with Crippen LogP contribution in [0, 0.1) is 5.82 Å². The molecule has 0 aliphatic heterocycles. The van der Waals surface area contributed by atoms with Gasteiger partial charge in [-0.15, -0.1) is 11.8 Å². The molecule has 0 atom stereocenters. The fourth-order valence-electron chi connectivity index (χ4n) is 1.56. The Morgan fingerprint density at radius 3 is 2.33 bits per heavy atom. The van der Waals surface area contributed by atoms with Crippen LogP contribution in [0.3, 0.4) is 0 Å². The summed E-state index contributed by atoms with van der Waals surface area (Å²) in [6.45, 7) is 0. The molecule has 2 aromatic rings. The second-order valence-corrected chi connectivity index (χ2v) is 4.99. The molecule has 2 rings (SSSR count). The van der Waals surface area contributed by atoms with E-state index < -0.39 is 0 Å². The van der Waals surface area contributed by atoms with Crippen LogP contribution in [0.1, 0.15) is 5.56 Å². The number of Topliss-reactive ketones (excluding diaryl/α,β-unsaturated/α-hetero) is 1. The zero-order valence-electron chi connectivity index (χ0n) is 9.80. The van der Waals surface area contributed by atoms with Crippen molar-refractivity contribution in [2.75, 3.05) is 5.75 Å². The Bertz CT molecular complexity index is 508. The van der Waals surface area contributed by atoms with Crippen molar-refractivity contribution in [2.24, 2.45) is 0 Å². The molecular weight excluding hydrogens is 247 g/mol. The fourth-order valence-corrected chi connectivity index (χ4v) is 2.34. The minimum atomic E-state index is -0.273. The third-order valence-corrected chi connectivity index (χ3v) is 3.53. The summed E-state index contributed by atoms with van der Waals surface area (Å²) in [7, 11) is 0. The predicted molar refractivity (Wildman–Crippen MR) is 72.3 cm³/mol. The van der Waals surface area contributed by atoms with Crippen LogP contribution in [0.4, 0.5) is 4.39 Å². The van der Waals surface area contributed by atoms with Crippen molar-refractivity contribution in [3.8, 4) is 0 Å². The predicted octanol–water partition coefficient (Wildman–Crippen LogP) is 3.73. The maximum Gasteiger partial charge on any atom is 0.147 e. The van der Waals surface area contributed by atoms with Crippen LogP contribution >= 0.6 is 11.8 Å². The summed E-state index contributed by atoms with van der Waals surface area (Å²) in [5.41, 5.74) is 0.857. The molecule has 0 bridgehead atoms. The van der Waals surface area contributed by atoms with Gasteiger partial charge in [0.1, 0.15) is 11.6 Å². The monoisotopic (exact) mass is 260 g/mol. The van der Waals surface area contributed by atoms with Gasteiger partial charge in [0.2, 0.25) is 0 Å². The average molecular weight is 260 g/mol. The van der Waals surface area contributed by atoms with Gasteiger partial charge in [0.15, 0.2) is 0 Å². The molecule has 0 aliphatic carbocycles. The van der Waals surface area contributed by atoms with Crippen molar-refractivity contribution in [3.05, 3.63) is 66.0 Å². The first-order valence-corrected chi connectivity index (χ1v) is 6.66. The number of hydrogen-bond donors (Lipinski definition) is 0. The molecule has 0 amide bonds. The number of hydrogen-bond acceptors (Lipinski definition) is 2. The highest BCUT2D eigenvalue weighted by atomic mass is 32.2. The summed E-state index contributed by atoms with van der Waals surface area (Å²) in [6.07, 6.45) is 0.361. The highest BCUT2D eigenvalue weighted by Crippen LogP contribution is 2.17. The quantitative estimate of drug-likeness (QED) is 0.762. The van der Waals surface area contributed by atoms with Crippen LogP contribution in [-0.2, 0) is 11.2 Å². The lowest BCUT2D eigenvalue weighted by molar-refractivity contribution is -0.116. The van der Waals surface area contributed by atoms with Crippen LogP contribution in [0.15, 0.2) is 59.5 Å². The van der Waals surface area contributed by atoms with Gasteiger partial charge in [-0.05, 0) is 29.8 Å². The summed E-state index contributed by atoms with van der Waals surface area (Å²) in [5.74, 6) is 0.321. The van der Waals surface area contributed by atoms with Crippen molar-refractivity contribution in [1.29, 1.82) is 0 Å². The molecule has 92 valence electrons. The van der Waals surface area contributed by atoms with Gasteiger partial charge in [-0.1, -0.05) is 30.3 Å². The van der Waals surface area contributed by atoms with Crippen LogP contribution < -0.4 is 0 Å². The lowest BCUT2D eigenvalue weighted by Crippen LogP contribution is -2.05. The number of carbonyl (C=O) groups is 1. The van der Waals surface area contributed by atoms with Crippen molar-refractivity contribution < 1.29 is 9.18 Å². The van der Waals surface area contributed by atoms with E-state index in [9.17, 15) is 9.18 Å². The molecule has 1 nitrogen and oxygen atoms in total. The van der Waals surface area contributed by atoms with E-state index in [1.807, 2.05) is 30.3 Å². The first-order chi connectivity index (χ1) is 8.74. The van der Waals surface area contributed by atoms with E-state index in [1.165, 1.54) is 23.9 Å². The van der Waals surface area contributed by atoms with Crippen molar-refractivity contribution >= 4 is 17.5 Å². The minimum Gasteiger partial charge on any atom is -0.298 e. The highest BCUT2D eigenvalue weighted by molar-refractivity contribution is 8.00. The van der Waals surface area contributed by atoms with Crippen LogP contribution in [-0.4, -0.2) is 11.5 Å². The van der Waals surface area contributed by atoms with Crippen LogP contribution in [0.2, 0.25) is 0 Å². The maximum absolute atomic E-state index is 12.7. The summed E-state index contributed by atoms with van der Waals surface area (Å²) >= 11 is 1.53. The second kappa shape index (κ2) is 6.36. The molecule has 0 fully saturated rings. The number of benzene rings is 2. The van der Waals surface area contributed by atoms with Crippen molar-refractivity contribution in [1.82, 2.24) is 0 Å². The number of ketones is 1. The van der Waals surface area contributed by atoms with Crippen molar-refractivity contribution in [3.63, 3.8) is 0 Å². The Labute approximate surface area is 110 Å². The van der Waals surface area contributed by atoms with Crippen LogP contribution in [0.5, 0.6) is 0 Å².